The minimum Gasteiger partial charge on any atom is -0.489 e. The maximum absolute atomic E-state index is 12.7. The van der Waals surface area contributed by atoms with E-state index in [1.54, 1.807) is 6.92 Å². The number of amides is 2. The van der Waals surface area contributed by atoms with E-state index in [0.717, 1.165) is 17.4 Å². The van der Waals surface area contributed by atoms with Crippen LogP contribution in [-0.2, 0) is 11.4 Å². The lowest BCUT2D eigenvalue weighted by Gasteiger charge is -2.11. The highest BCUT2D eigenvalue weighted by Gasteiger charge is 2.23. The highest BCUT2D eigenvalue weighted by molar-refractivity contribution is 6.07. The maximum atomic E-state index is 12.7. The molecule has 2 amide bonds. The normalized spacial score (nSPS) is 16.2. The third-order valence-corrected chi connectivity index (χ3v) is 4.90. The van der Waals surface area contributed by atoms with Gasteiger partial charge in [0.25, 0.3) is 5.91 Å². The lowest BCUT2D eigenvalue weighted by atomic mass is 10.1. The number of ether oxygens (including phenoxy) is 1. The molecule has 1 fully saturated rings. The van der Waals surface area contributed by atoms with Crippen LogP contribution < -0.4 is 15.4 Å². The van der Waals surface area contributed by atoms with E-state index in [2.05, 4.69) is 10.6 Å². The second-order valence-corrected chi connectivity index (χ2v) is 6.98. The fraction of sp³-hybridized carbons (Fsp3) is 0.273. The zero-order valence-corrected chi connectivity index (χ0v) is 15.7. The van der Waals surface area contributed by atoms with Crippen LogP contribution >= 0.6 is 0 Å². The smallest absolute Gasteiger partial charge is 0.255 e. The molecule has 1 aliphatic rings. The Morgan fingerprint density at radius 1 is 1.25 bits per heavy atom. The molecule has 3 aromatic rings. The lowest BCUT2D eigenvalue weighted by Crippen LogP contribution is -2.38. The standard InChI is InChI=1S/C22H22N2O4/c1-14-21(22(26)23-12-16-7-10-20(25)24-16)18-11-17(8-9-19(18)28-14)27-13-15-5-3-2-4-6-15/h2-6,8-9,11,16H,7,10,12-13H2,1H3,(H,23,26)(H,24,25). The van der Waals surface area contributed by atoms with Crippen molar-refractivity contribution in [1.82, 2.24) is 10.6 Å². The Morgan fingerprint density at radius 3 is 2.82 bits per heavy atom. The number of carbonyl (C=O) groups is 2. The zero-order valence-electron chi connectivity index (χ0n) is 15.7. The van der Waals surface area contributed by atoms with Crippen molar-refractivity contribution < 1.29 is 18.7 Å². The minimum absolute atomic E-state index is 0.0142. The van der Waals surface area contributed by atoms with Gasteiger partial charge in [0, 0.05) is 24.4 Å². The molecule has 1 aromatic heterocycles. The monoisotopic (exact) mass is 378 g/mol. The number of rotatable bonds is 6. The molecule has 2 heterocycles. The lowest BCUT2D eigenvalue weighted by molar-refractivity contribution is -0.119. The van der Waals surface area contributed by atoms with Crippen LogP contribution in [0.4, 0.5) is 0 Å². The summed E-state index contributed by atoms with van der Waals surface area (Å²) < 4.78 is 11.6. The van der Waals surface area contributed by atoms with Gasteiger partial charge >= 0.3 is 0 Å². The summed E-state index contributed by atoms with van der Waals surface area (Å²) in [6, 6.07) is 15.4. The quantitative estimate of drug-likeness (QED) is 0.689. The van der Waals surface area contributed by atoms with E-state index in [0.29, 0.717) is 42.2 Å². The molecule has 28 heavy (non-hydrogen) atoms. The summed E-state index contributed by atoms with van der Waals surface area (Å²) in [4.78, 5) is 24.0. The van der Waals surface area contributed by atoms with Crippen LogP contribution in [0.2, 0.25) is 0 Å². The largest absolute Gasteiger partial charge is 0.489 e. The first-order valence-electron chi connectivity index (χ1n) is 9.37. The Bertz CT molecular complexity index is 1010. The predicted molar refractivity (Wildman–Crippen MR) is 105 cm³/mol. The number of furan rings is 1. The third-order valence-electron chi connectivity index (χ3n) is 4.90. The Hall–Kier alpha value is -3.28. The summed E-state index contributed by atoms with van der Waals surface area (Å²) in [6.45, 7) is 2.63. The average Bonchev–Trinajstić information content (AvgIpc) is 3.27. The van der Waals surface area contributed by atoms with E-state index in [-0.39, 0.29) is 17.9 Å². The van der Waals surface area contributed by atoms with Crippen molar-refractivity contribution in [2.45, 2.75) is 32.4 Å². The molecule has 2 aromatic carbocycles. The molecule has 0 radical (unpaired) electrons. The number of hydrogen-bond donors (Lipinski definition) is 2. The molecular weight excluding hydrogens is 356 g/mol. The second-order valence-electron chi connectivity index (χ2n) is 6.98. The molecule has 0 spiro atoms. The number of aryl methyl sites for hydroxylation is 1. The van der Waals surface area contributed by atoms with E-state index < -0.39 is 0 Å². The molecule has 1 atom stereocenters. The summed E-state index contributed by atoms with van der Waals surface area (Å²) in [6.07, 6.45) is 1.25. The van der Waals surface area contributed by atoms with Gasteiger partial charge in [-0.3, -0.25) is 9.59 Å². The van der Waals surface area contributed by atoms with Crippen molar-refractivity contribution in [3.8, 4) is 5.75 Å². The van der Waals surface area contributed by atoms with E-state index in [9.17, 15) is 9.59 Å². The fourth-order valence-corrected chi connectivity index (χ4v) is 3.45. The van der Waals surface area contributed by atoms with Crippen molar-refractivity contribution in [2.24, 2.45) is 0 Å². The molecule has 0 bridgehead atoms. The number of carbonyl (C=O) groups excluding carboxylic acids is 2. The van der Waals surface area contributed by atoms with Crippen molar-refractivity contribution in [1.29, 1.82) is 0 Å². The minimum atomic E-state index is -0.211. The first kappa shape index (κ1) is 18.1. The third kappa shape index (κ3) is 3.86. The molecule has 1 unspecified atom stereocenters. The summed E-state index contributed by atoms with van der Waals surface area (Å²) in [7, 11) is 0. The molecule has 0 aliphatic carbocycles. The fourth-order valence-electron chi connectivity index (χ4n) is 3.45. The van der Waals surface area contributed by atoms with E-state index >= 15 is 0 Å². The number of fused-ring (bicyclic) bond motifs is 1. The van der Waals surface area contributed by atoms with Gasteiger partial charge in [-0.15, -0.1) is 0 Å². The first-order chi connectivity index (χ1) is 13.6. The van der Waals surface area contributed by atoms with Gasteiger partial charge in [-0.05, 0) is 37.1 Å². The van der Waals surface area contributed by atoms with Gasteiger partial charge < -0.3 is 19.8 Å². The molecule has 4 rings (SSSR count). The summed E-state index contributed by atoms with van der Waals surface area (Å²) in [5, 5.41) is 6.47. The number of hydrogen-bond acceptors (Lipinski definition) is 4. The van der Waals surface area contributed by atoms with Gasteiger partial charge in [-0.25, -0.2) is 0 Å². The highest BCUT2D eigenvalue weighted by Crippen LogP contribution is 2.29. The van der Waals surface area contributed by atoms with Crippen LogP contribution in [0.25, 0.3) is 11.0 Å². The Kier molecular flexibility index (Phi) is 5.02. The Balaban J connectivity index is 1.49. The van der Waals surface area contributed by atoms with Gasteiger partial charge in [0.2, 0.25) is 5.91 Å². The second kappa shape index (κ2) is 7.76. The summed E-state index contributed by atoms with van der Waals surface area (Å²) >= 11 is 0. The van der Waals surface area contributed by atoms with Gasteiger partial charge in [-0.1, -0.05) is 30.3 Å². The van der Waals surface area contributed by atoms with Crippen molar-refractivity contribution in [3.05, 3.63) is 65.4 Å². The predicted octanol–water partition coefficient (Wildman–Crippen LogP) is 3.33. The van der Waals surface area contributed by atoms with Gasteiger partial charge in [-0.2, -0.15) is 0 Å². The molecule has 2 N–H and O–H groups in total. The zero-order chi connectivity index (χ0) is 19.5. The molecular formula is C22H22N2O4. The summed E-state index contributed by atoms with van der Waals surface area (Å²) in [5.74, 6) is 1.06. The van der Waals surface area contributed by atoms with E-state index in [1.165, 1.54) is 0 Å². The number of benzene rings is 2. The van der Waals surface area contributed by atoms with Crippen LogP contribution in [0.1, 0.15) is 34.5 Å². The average molecular weight is 378 g/mol. The van der Waals surface area contributed by atoms with Gasteiger partial charge in [0.1, 0.15) is 23.7 Å². The molecule has 144 valence electrons. The molecule has 6 heteroatoms. The Labute approximate surface area is 162 Å². The van der Waals surface area contributed by atoms with Crippen LogP contribution in [0.15, 0.2) is 52.9 Å². The first-order valence-corrected chi connectivity index (χ1v) is 9.37. The van der Waals surface area contributed by atoms with Crippen molar-refractivity contribution >= 4 is 22.8 Å². The van der Waals surface area contributed by atoms with Crippen LogP contribution in [-0.4, -0.2) is 24.4 Å². The van der Waals surface area contributed by atoms with Gasteiger partial charge in [0.05, 0.1) is 5.56 Å². The van der Waals surface area contributed by atoms with Crippen LogP contribution in [0, 0.1) is 6.92 Å². The van der Waals surface area contributed by atoms with Gasteiger partial charge in [0.15, 0.2) is 0 Å². The Morgan fingerprint density at radius 2 is 2.07 bits per heavy atom. The van der Waals surface area contributed by atoms with Crippen LogP contribution in [0.3, 0.4) is 0 Å². The molecule has 6 nitrogen and oxygen atoms in total. The molecule has 1 saturated heterocycles. The summed E-state index contributed by atoms with van der Waals surface area (Å²) in [5.41, 5.74) is 2.22. The maximum Gasteiger partial charge on any atom is 0.255 e. The van der Waals surface area contributed by atoms with Crippen molar-refractivity contribution in [2.75, 3.05) is 6.54 Å². The highest BCUT2D eigenvalue weighted by atomic mass is 16.5. The number of nitrogens with one attached hydrogen (secondary N) is 2. The van der Waals surface area contributed by atoms with Crippen LogP contribution in [0.5, 0.6) is 5.75 Å². The molecule has 1 aliphatic heterocycles. The molecule has 0 saturated carbocycles. The van der Waals surface area contributed by atoms with E-state index in [1.807, 2.05) is 48.5 Å². The topological polar surface area (TPSA) is 80.6 Å². The SMILES string of the molecule is Cc1oc2ccc(OCc3ccccc3)cc2c1C(=O)NCC1CCC(=O)N1. The van der Waals surface area contributed by atoms with Crippen molar-refractivity contribution in [3.63, 3.8) is 0 Å². The van der Waals surface area contributed by atoms with E-state index in [4.69, 9.17) is 9.15 Å².